The van der Waals surface area contributed by atoms with Crippen LogP contribution in [0.15, 0.2) is 22.9 Å². The lowest BCUT2D eigenvalue weighted by atomic mass is 10.00. The standard InChI is InChI=1S/C12H18BrN3/c13-12-6-10(3-5-16-12)7-15-9-11-2-1-4-14-8-11/h3,5-6,11,14-15H,1-2,4,7-9H2/t11-/m0/s1. The quantitative estimate of drug-likeness (QED) is 0.830. The van der Waals surface area contributed by atoms with Gasteiger partial charge in [0.1, 0.15) is 4.60 Å². The SMILES string of the molecule is Brc1cc(CNC[C@H]2CCCNC2)ccn1. The summed E-state index contributed by atoms with van der Waals surface area (Å²) in [6, 6.07) is 4.11. The second kappa shape index (κ2) is 6.33. The molecule has 1 atom stereocenters. The van der Waals surface area contributed by atoms with Gasteiger partial charge in [-0.1, -0.05) is 0 Å². The molecule has 88 valence electrons. The fourth-order valence-electron chi connectivity index (χ4n) is 2.07. The van der Waals surface area contributed by atoms with Gasteiger partial charge in [0.15, 0.2) is 0 Å². The van der Waals surface area contributed by atoms with E-state index in [4.69, 9.17) is 0 Å². The molecular formula is C12H18BrN3. The van der Waals surface area contributed by atoms with Crippen molar-refractivity contribution in [3.63, 3.8) is 0 Å². The van der Waals surface area contributed by atoms with Crippen molar-refractivity contribution < 1.29 is 0 Å². The molecule has 0 aromatic carbocycles. The first-order valence-corrected chi connectivity index (χ1v) is 6.66. The number of rotatable bonds is 4. The van der Waals surface area contributed by atoms with Gasteiger partial charge in [-0.05, 0) is 72.0 Å². The van der Waals surface area contributed by atoms with Crippen LogP contribution in [0.3, 0.4) is 0 Å². The normalized spacial score (nSPS) is 20.9. The maximum atomic E-state index is 4.12. The predicted octanol–water partition coefficient (Wildman–Crippen LogP) is 1.93. The molecule has 0 bridgehead atoms. The molecule has 2 N–H and O–H groups in total. The minimum atomic E-state index is 0.791. The Balaban J connectivity index is 1.71. The summed E-state index contributed by atoms with van der Waals surface area (Å²) in [5, 5.41) is 6.95. The van der Waals surface area contributed by atoms with Crippen LogP contribution in [0.5, 0.6) is 0 Å². The van der Waals surface area contributed by atoms with Gasteiger partial charge in [0.2, 0.25) is 0 Å². The van der Waals surface area contributed by atoms with E-state index in [0.29, 0.717) is 0 Å². The summed E-state index contributed by atoms with van der Waals surface area (Å²) in [5.41, 5.74) is 1.28. The summed E-state index contributed by atoms with van der Waals surface area (Å²) in [5.74, 6) is 0.791. The summed E-state index contributed by atoms with van der Waals surface area (Å²) in [6.07, 6.45) is 4.50. The predicted molar refractivity (Wildman–Crippen MR) is 69.2 cm³/mol. The molecule has 0 aliphatic carbocycles. The lowest BCUT2D eigenvalue weighted by Crippen LogP contribution is -2.35. The van der Waals surface area contributed by atoms with Gasteiger partial charge in [-0.3, -0.25) is 0 Å². The van der Waals surface area contributed by atoms with Crippen molar-refractivity contribution in [3.8, 4) is 0 Å². The molecule has 1 aliphatic heterocycles. The summed E-state index contributed by atoms with van der Waals surface area (Å²) < 4.78 is 0.908. The van der Waals surface area contributed by atoms with Crippen molar-refractivity contribution in [3.05, 3.63) is 28.5 Å². The van der Waals surface area contributed by atoms with E-state index in [9.17, 15) is 0 Å². The second-order valence-electron chi connectivity index (χ2n) is 4.33. The third-order valence-electron chi connectivity index (χ3n) is 2.95. The Morgan fingerprint density at radius 3 is 3.25 bits per heavy atom. The largest absolute Gasteiger partial charge is 0.316 e. The monoisotopic (exact) mass is 283 g/mol. The van der Waals surface area contributed by atoms with E-state index in [2.05, 4.69) is 43.7 Å². The highest BCUT2D eigenvalue weighted by molar-refractivity contribution is 9.10. The van der Waals surface area contributed by atoms with Gasteiger partial charge in [0.25, 0.3) is 0 Å². The van der Waals surface area contributed by atoms with E-state index in [1.807, 2.05) is 6.20 Å². The highest BCUT2D eigenvalue weighted by atomic mass is 79.9. The molecule has 0 amide bonds. The average molecular weight is 284 g/mol. The van der Waals surface area contributed by atoms with Crippen molar-refractivity contribution in [2.45, 2.75) is 19.4 Å². The second-order valence-corrected chi connectivity index (χ2v) is 5.14. The van der Waals surface area contributed by atoms with Crippen molar-refractivity contribution in [1.82, 2.24) is 15.6 Å². The minimum Gasteiger partial charge on any atom is -0.316 e. The van der Waals surface area contributed by atoms with Crippen molar-refractivity contribution in [2.24, 2.45) is 5.92 Å². The maximum absolute atomic E-state index is 4.12. The van der Waals surface area contributed by atoms with E-state index >= 15 is 0 Å². The van der Waals surface area contributed by atoms with Gasteiger partial charge >= 0.3 is 0 Å². The maximum Gasteiger partial charge on any atom is 0.106 e. The highest BCUT2D eigenvalue weighted by Gasteiger charge is 2.11. The molecule has 1 aliphatic rings. The molecule has 1 fully saturated rings. The van der Waals surface area contributed by atoms with Crippen LogP contribution in [0.1, 0.15) is 18.4 Å². The van der Waals surface area contributed by atoms with Crippen LogP contribution in [0.2, 0.25) is 0 Å². The molecular weight excluding hydrogens is 266 g/mol. The number of hydrogen-bond acceptors (Lipinski definition) is 3. The third-order valence-corrected chi connectivity index (χ3v) is 3.39. The average Bonchev–Trinajstić information content (AvgIpc) is 2.30. The zero-order valence-corrected chi connectivity index (χ0v) is 11.0. The summed E-state index contributed by atoms with van der Waals surface area (Å²) in [4.78, 5) is 4.12. The molecule has 0 radical (unpaired) electrons. The Kier molecular flexibility index (Phi) is 4.75. The van der Waals surface area contributed by atoms with Gasteiger partial charge in [-0.2, -0.15) is 0 Å². The molecule has 0 unspecified atom stereocenters. The first-order chi connectivity index (χ1) is 7.84. The fraction of sp³-hybridized carbons (Fsp3) is 0.583. The molecule has 1 aromatic rings. The first-order valence-electron chi connectivity index (χ1n) is 5.86. The Hall–Kier alpha value is -0.450. The molecule has 3 nitrogen and oxygen atoms in total. The van der Waals surface area contributed by atoms with Gasteiger partial charge in [-0.15, -0.1) is 0 Å². The number of aromatic nitrogens is 1. The lowest BCUT2D eigenvalue weighted by Gasteiger charge is -2.22. The van der Waals surface area contributed by atoms with Crippen LogP contribution in [0.25, 0.3) is 0 Å². The van der Waals surface area contributed by atoms with Crippen LogP contribution in [-0.4, -0.2) is 24.6 Å². The van der Waals surface area contributed by atoms with Crippen molar-refractivity contribution in [2.75, 3.05) is 19.6 Å². The topological polar surface area (TPSA) is 37.0 Å². The van der Waals surface area contributed by atoms with E-state index in [1.54, 1.807) is 0 Å². The lowest BCUT2D eigenvalue weighted by molar-refractivity contribution is 0.360. The van der Waals surface area contributed by atoms with E-state index in [-0.39, 0.29) is 0 Å². The first kappa shape index (κ1) is 12.0. The molecule has 0 spiro atoms. The number of hydrogen-bond donors (Lipinski definition) is 2. The fourth-order valence-corrected chi connectivity index (χ4v) is 2.48. The van der Waals surface area contributed by atoms with Crippen molar-refractivity contribution in [1.29, 1.82) is 0 Å². The van der Waals surface area contributed by atoms with Crippen LogP contribution < -0.4 is 10.6 Å². The molecule has 2 heterocycles. The van der Waals surface area contributed by atoms with Gasteiger partial charge in [-0.25, -0.2) is 4.98 Å². The van der Waals surface area contributed by atoms with Crippen molar-refractivity contribution >= 4 is 15.9 Å². The molecule has 2 rings (SSSR count). The van der Waals surface area contributed by atoms with E-state index in [1.165, 1.54) is 24.9 Å². The molecule has 1 saturated heterocycles. The Labute approximate surface area is 105 Å². The van der Waals surface area contributed by atoms with Crippen LogP contribution in [0, 0.1) is 5.92 Å². The minimum absolute atomic E-state index is 0.791. The van der Waals surface area contributed by atoms with E-state index < -0.39 is 0 Å². The number of pyridine rings is 1. The molecule has 4 heteroatoms. The Morgan fingerprint density at radius 2 is 2.50 bits per heavy atom. The summed E-state index contributed by atoms with van der Waals surface area (Å²) in [7, 11) is 0. The number of nitrogens with one attached hydrogen (secondary N) is 2. The number of halogens is 1. The van der Waals surface area contributed by atoms with Gasteiger partial charge < -0.3 is 10.6 Å². The zero-order valence-electron chi connectivity index (χ0n) is 9.38. The highest BCUT2D eigenvalue weighted by Crippen LogP contribution is 2.10. The smallest absolute Gasteiger partial charge is 0.106 e. The number of nitrogens with zero attached hydrogens (tertiary/aromatic N) is 1. The Bertz CT molecular complexity index is 324. The molecule has 16 heavy (non-hydrogen) atoms. The molecule has 0 saturated carbocycles. The van der Waals surface area contributed by atoms with Crippen LogP contribution in [0.4, 0.5) is 0 Å². The zero-order chi connectivity index (χ0) is 11.2. The van der Waals surface area contributed by atoms with Crippen LogP contribution >= 0.6 is 15.9 Å². The number of piperidine rings is 1. The van der Waals surface area contributed by atoms with E-state index in [0.717, 1.165) is 30.2 Å². The molecule has 1 aromatic heterocycles. The summed E-state index contributed by atoms with van der Waals surface area (Å²) in [6.45, 7) is 4.38. The third kappa shape index (κ3) is 3.85. The van der Waals surface area contributed by atoms with Crippen LogP contribution in [-0.2, 0) is 6.54 Å². The Morgan fingerprint density at radius 1 is 1.56 bits per heavy atom. The van der Waals surface area contributed by atoms with Gasteiger partial charge in [0.05, 0.1) is 0 Å². The summed E-state index contributed by atoms with van der Waals surface area (Å²) >= 11 is 3.38. The van der Waals surface area contributed by atoms with Gasteiger partial charge in [0, 0.05) is 12.7 Å².